The Morgan fingerprint density at radius 1 is 1.07 bits per heavy atom. The molecule has 0 bridgehead atoms. The van der Waals surface area contributed by atoms with Crippen molar-refractivity contribution < 1.29 is 5.11 Å². The fourth-order valence-corrected chi connectivity index (χ4v) is 0.427. The minimum Gasteiger partial charge on any atom is -0.392 e. The average molecular weight is 201 g/mol. The number of anilines is 3. The lowest BCUT2D eigenvalue weighted by Crippen LogP contribution is -2.14. The number of hydrogen-bond donors (Lipinski definition) is 5. The quantitative estimate of drug-likeness (QED) is 0.346. The van der Waals surface area contributed by atoms with Crippen LogP contribution in [0.2, 0.25) is 0 Å². The average Bonchev–Trinajstić information content (AvgIpc) is 2.02. The number of nitrogen functional groups attached to an aromatic ring is 3. The lowest BCUT2D eigenvalue weighted by Gasteiger charge is -1.93. The third-order valence-corrected chi connectivity index (χ3v) is 1.03. The van der Waals surface area contributed by atoms with Crippen molar-refractivity contribution in [3.05, 3.63) is 0 Å². The first kappa shape index (κ1) is 12.3. The van der Waals surface area contributed by atoms with Crippen molar-refractivity contribution in [3.8, 4) is 0 Å². The van der Waals surface area contributed by atoms with Crippen molar-refractivity contribution in [2.75, 3.05) is 23.7 Å². The molecule has 0 aliphatic heterocycles. The van der Waals surface area contributed by atoms with Crippen molar-refractivity contribution >= 4 is 17.8 Å². The molecule has 1 aromatic heterocycles. The third-order valence-electron chi connectivity index (χ3n) is 1.03. The van der Waals surface area contributed by atoms with Crippen LogP contribution in [0.25, 0.3) is 0 Å². The van der Waals surface area contributed by atoms with Gasteiger partial charge >= 0.3 is 0 Å². The zero-order valence-corrected chi connectivity index (χ0v) is 7.88. The molecule has 80 valence electrons. The highest BCUT2D eigenvalue weighted by Crippen LogP contribution is 1.97. The van der Waals surface area contributed by atoms with Gasteiger partial charge in [0.15, 0.2) is 0 Å². The highest BCUT2D eigenvalue weighted by atomic mass is 16.3. The van der Waals surface area contributed by atoms with Crippen molar-refractivity contribution in [2.24, 2.45) is 5.73 Å². The summed E-state index contributed by atoms with van der Waals surface area (Å²) in [4.78, 5) is 10.5. The Morgan fingerprint density at radius 3 is 1.43 bits per heavy atom. The first-order chi connectivity index (χ1) is 6.45. The summed E-state index contributed by atoms with van der Waals surface area (Å²) in [5.41, 5.74) is 20.3. The van der Waals surface area contributed by atoms with Crippen LogP contribution in [0, 0.1) is 0 Å². The van der Waals surface area contributed by atoms with E-state index in [1.165, 1.54) is 0 Å². The molecule has 9 N–H and O–H groups in total. The molecule has 0 amide bonds. The minimum absolute atomic E-state index is 0.0417. The lowest BCUT2D eigenvalue weighted by atomic mass is 10.4. The van der Waals surface area contributed by atoms with E-state index < -0.39 is 0 Å². The van der Waals surface area contributed by atoms with Crippen LogP contribution in [0.5, 0.6) is 0 Å². The van der Waals surface area contributed by atoms with Crippen LogP contribution >= 0.6 is 0 Å². The maximum absolute atomic E-state index is 8.24. The monoisotopic (exact) mass is 201 g/mol. The molecule has 0 aliphatic carbocycles. The van der Waals surface area contributed by atoms with E-state index in [9.17, 15) is 0 Å². The second-order valence-corrected chi connectivity index (χ2v) is 2.49. The first-order valence-electron chi connectivity index (χ1n) is 3.86. The van der Waals surface area contributed by atoms with E-state index in [4.69, 9.17) is 28.0 Å². The van der Waals surface area contributed by atoms with Gasteiger partial charge in [0.25, 0.3) is 0 Å². The van der Waals surface area contributed by atoms with E-state index in [0.717, 1.165) is 0 Å². The molecule has 1 atom stereocenters. The second-order valence-electron chi connectivity index (χ2n) is 2.49. The summed E-state index contributed by atoms with van der Waals surface area (Å²) in [6, 6.07) is 0. The van der Waals surface area contributed by atoms with Gasteiger partial charge in [-0.1, -0.05) is 0 Å². The van der Waals surface area contributed by atoms with Gasteiger partial charge in [-0.05, 0) is 6.92 Å². The first-order valence-corrected chi connectivity index (χ1v) is 3.86. The van der Waals surface area contributed by atoms with Gasteiger partial charge in [-0.25, -0.2) is 0 Å². The Hall–Kier alpha value is -1.67. The zero-order chi connectivity index (χ0) is 11.1. The van der Waals surface area contributed by atoms with Crippen LogP contribution < -0.4 is 22.9 Å². The maximum atomic E-state index is 8.24. The Labute approximate surface area is 81.3 Å². The van der Waals surface area contributed by atoms with E-state index in [1.807, 2.05) is 0 Å². The molecule has 0 fully saturated rings. The van der Waals surface area contributed by atoms with Crippen molar-refractivity contribution in [3.63, 3.8) is 0 Å². The molecule has 14 heavy (non-hydrogen) atoms. The molecular weight excluding hydrogens is 186 g/mol. The van der Waals surface area contributed by atoms with Gasteiger partial charge in [-0.2, -0.15) is 15.0 Å². The molecule has 1 unspecified atom stereocenters. The molecular formula is C6H15N7O. The highest BCUT2D eigenvalue weighted by molar-refractivity contribution is 5.33. The molecule has 1 aromatic rings. The molecule has 0 radical (unpaired) electrons. The third kappa shape index (κ3) is 5.91. The molecule has 1 heterocycles. The number of aliphatic hydroxyl groups is 1. The lowest BCUT2D eigenvalue weighted by molar-refractivity contribution is 0.203. The Bertz CT molecular complexity index is 226. The molecule has 0 aliphatic rings. The topological polar surface area (TPSA) is 163 Å². The summed E-state index contributed by atoms with van der Waals surface area (Å²) in [5.74, 6) is 0.125. The van der Waals surface area contributed by atoms with E-state index in [2.05, 4.69) is 15.0 Å². The molecule has 0 spiro atoms. The summed E-state index contributed by atoms with van der Waals surface area (Å²) in [5, 5.41) is 8.24. The molecule has 0 aromatic carbocycles. The van der Waals surface area contributed by atoms with E-state index in [0.29, 0.717) is 6.54 Å². The van der Waals surface area contributed by atoms with Crippen LogP contribution in [0.4, 0.5) is 17.8 Å². The van der Waals surface area contributed by atoms with Gasteiger partial charge in [0.05, 0.1) is 6.10 Å². The molecule has 0 saturated carbocycles. The predicted molar refractivity (Wildman–Crippen MR) is 53.8 cm³/mol. The molecule has 1 rings (SSSR count). The maximum Gasteiger partial charge on any atom is 0.226 e. The van der Waals surface area contributed by atoms with Gasteiger partial charge < -0.3 is 28.0 Å². The summed E-state index contributed by atoms with van der Waals surface area (Å²) in [6.45, 7) is 2.01. The summed E-state index contributed by atoms with van der Waals surface area (Å²) < 4.78 is 0. The highest BCUT2D eigenvalue weighted by Gasteiger charge is 1.93. The van der Waals surface area contributed by atoms with Gasteiger partial charge in [-0.15, -0.1) is 0 Å². The van der Waals surface area contributed by atoms with E-state index >= 15 is 0 Å². The number of nitrogens with two attached hydrogens (primary N) is 4. The number of aromatic nitrogens is 3. The standard InChI is InChI=1S/C3H6N6.C3H9NO/c4-1-7-2(5)9-3(6)8-1;1-3(5)2-4/h(H6,4,5,6,7,8,9);3,5H,2,4H2,1H3. The van der Waals surface area contributed by atoms with Gasteiger partial charge in [0, 0.05) is 6.54 Å². The second kappa shape index (κ2) is 5.89. The van der Waals surface area contributed by atoms with Crippen molar-refractivity contribution in [2.45, 2.75) is 13.0 Å². The van der Waals surface area contributed by atoms with Crippen LogP contribution in [0.1, 0.15) is 6.92 Å². The SMILES string of the molecule is CC(O)CN.Nc1nc(N)nc(N)n1. The van der Waals surface area contributed by atoms with Crippen LogP contribution in [0.15, 0.2) is 0 Å². The number of aliphatic hydroxyl groups excluding tert-OH is 1. The summed E-state index contributed by atoms with van der Waals surface area (Å²) in [6.07, 6.45) is -0.338. The van der Waals surface area contributed by atoms with E-state index in [1.54, 1.807) is 6.92 Å². The Morgan fingerprint density at radius 2 is 1.29 bits per heavy atom. The zero-order valence-electron chi connectivity index (χ0n) is 7.88. The normalized spacial score (nSPS) is 11.4. The van der Waals surface area contributed by atoms with Gasteiger partial charge in [0.2, 0.25) is 17.8 Å². The number of rotatable bonds is 1. The molecule has 8 nitrogen and oxygen atoms in total. The largest absolute Gasteiger partial charge is 0.392 e. The number of nitrogens with zero attached hydrogens (tertiary/aromatic N) is 3. The minimum atomic E-state index is -0.338. The predicted octanol–water partition coefficient (Wildman–Crippen LogP) is -2.06. The smallest absolute Gasteiger partial charge is 0.226 e. The van der Waals surface area contributed by atoms with Crippen LogP contribution in [0.3, 0.4) is 0 Å². The summed E-state index contributed by atoms with van der Waals surface area (Å²) in [7, 11) is 0. The fraction of sp³-hybridized carbons (Fsp3) is 0.500. The van der Waals surface area contributed by atoms with Crippen LogP contribution in [-0.2, 0) is 0 Å². The van der Waals surface area contributed by atoms with E-state index in [-0.39, 0.29) is 23.9 Å². The van der Waals surface area contributed by atoms with Crippen molar-refractivity contribution in [1.29, 1.82) is 0 Å². The molecule has 0 saturated heterocycles. The van der Waals surface area contributed by atoms with Crippen molar-refractivity contribution in [1.82, 2.24) is 15.0 Å². The van der Waals surface area contributed by atoms with Gasteiger partial charge in [-0.3, -0.25) is 0 Å². The summed E-state index contributed by atoms with van der Waals surface area (Å²) >= 11 is 0. The molecule has 8 heteroatoms. The van der Waals surface area contributed by atoms with Gasteiger partial charge in [0.1, 0.15) is 0 Å². The number of hydrogen-bond acceptors (Lipinski definition) is 8. The fourth-order valence-electron chi connectivity index (χ4n) is 0.427. The van der Waals surface area contributed by atoms with Crippen LogP contribution in [-0.4, -0.2) is 32.7 Å². The Kier molecular flexibility index (Phi) is 5.19. The Balaban J connectivity index is 0.000000292.